The van der Waals surface area contributed by atoms with E-state index in [-0.39, 0.29) is 6.04 Å². The van der Waals surface area contributed by atoms with Gasteiger partial charge in [-0.1, -0.05) is 12.1 Å². The molecule has 0 aliphatic carbocycles. The SMILES string of the molecule is CC1N=C(c2c[nH]c3ncc(-c4cnn(C)c4)cc23)N=C1C(C)(O)c1cccc(F)c1. The third-order valence-corrected chi connectivity index (χ3v) is 5.63. The van der Waals surface area contributed by atoms with Crippen molar-refractivity contribution in [3.05, 3.63) is 72.1 Å². The number of hydrogen-bond donors (Lipinski definition) is 2. The molecule has 5 rings (SSSR count). The van der Waals surface area contributed by atoms with Gasteiger partial charge >= 0.3 is 0 Å². The Morgan fingerprint density at radius 3 is 2.77 bits per heavy atom. The van der Waals surface area contributed by atoms with Gasteiger partial charge in [-0.25, -0.2) is 14.4 Å². The average molecular weight is 416 g/mol. The lowest BCUT2D eigenvalue weighted by atomic mass is 9.88. The fourth-order valence-electron chi connectivity index (χ4n) is 3.98. The topological polar surface area (TPSA) is 91.5 Å². The van der Waals surface area contributed by atoms with Gasteiger partial charge in [0.1, 0.15) is 17.1 Å². The van der Waals surface area contributed by atoms with Crippen LogP contribution in [0.1, 0.15) is 25.0 Å². The number of benzene rings is 1. The summed E-state index contributed by atoms with van der Waals surface area (Å²) in [5, 5.41) is 16.3. The van der Waals surface area contributed by atoms with Crippen molar-refractivity contribution >= 4 is 22.6 Å². The molecule has 2 atom stereocenters. The van der Waals surface area contributed by atoms with Crippen LogP contribution in [-0.2, 0) is 12.6 Å². The summed E-state index contributed by atoms with van der Waals surface area (Å²) in [6.45, 7) is 3.49. The molecule has 3 aromatic heterocycles. The summed E-state index contributed by atoms with van der Waals surface area (Å²) in [7, 11) is 1.87. The number of amidine groups is 1. The average Bonchev–Trinajstić information content (AvgIpc) is 3.45. The fraction of sp³-hybridized carbons (Fsp3) is 0.217. The van der Waals surface area contributed by atoms with Crippen LogP contribution in [0.5, 0.6) is 0 Å². The molecule has 8 heteroatoms. The van der Waals surface area contributed by atoms with E-state index in [1.165, 1.54) is 12.1 Å². The standard InChI is InChI=1S/C23H21FN6O/c1-13-20(23(2,31)16-5-4-6-17(24)8-16)29-22(28-13)19-11-26-21-18(19)7-14(9-25-21)15-10-27-30(3)12-15/h4-13,31H,1-3H3,(H,25,26). The molecule has 7 nitrogen and oxygen atoms in total. The van der Waals surface area contributed by atoms with Crippen LogP contribution in [0.25, 0.3) is 22.2 Å². The minimum absolute atomic E-state index is 0.354. The summed E-state index contributed by atoms with van der Waals surface area (Å²) in [6, 6.07) is 7.60. The Morgan fingerprint density at radius 1 is 1.19 bits per heavy atom. The summed E-state index contributed by atoms with van der Waals surface area (Å²) < 4.78 is 15.5. The van der Waals surface area contributed by atoms with Crippen molar-refractivity contribution in [2.45, 2.75) is 25.5 Å². The highest BCUT2D eigenvalue weighted by Crippen LogP contribution is 2.31. The predicted molar refractivity (Wildman–Crippen MR) is 118 cm³/mol. The first-order valence-electron chi connectivity index (χ1n) is 9.95. The largest absolute Gasteiger partial charge is 0.379 e. The van der Waals surface area contributed by atoms with Crippen molar-refractivity contribution in [1.82, 2.24) is 19.7 Å². The summed E-state index contributed by atoms with van der Waals surface area (Å²) in [4.78, 5) is 17.0. The highest BCUT2D eigenvalue weighted by Gasteiger charge is 2.37. The number of pyridine rings is 1. The molecule has 4 aromatic rings. The van der Waals surface area contributed by atoms with E-state index in [9.17, 15) is 9.50 Å². The Kier molecular flexibility index (Phi) is 4.33. The van der Waals surface area contributed by atoms with Crippen LogP contribution in [0.4, 0.5) is 4.39 Å². The van der Waals surface area contributed by atoms with Crippen LogP contribution < -0.4 is 0 Å². The number of aliphatic imine (C=N–C) groups is 2. The molecule has 2 unspecified atom stereocenters. The lowest BCUT2D eigenvalue weighted by Gasteiger charge is -2.26. The molecule has 4 heterocycles. The molecule has 2 N–H and O–H groups in total. The van der Waals surface area contributed by atoms with E-state index >= 15 is 0 Å². The van der Waals surface area contributed by atoms with Gasteiger partial charge in [0.05, 0.1) is 18.0 Å². The number of halogens is 1. The molecule has 156 valence electrons. The Hall–Kier alpha value is -3.65. The highest BCUT2D eigenvalue weighted by molar-refractivity contribution is 6.19. The quantitative estimate of drug-likeness (QED) is 0.533. The van der Waals surface area contributed by atoms with Gasteiger partial charge in [-0.05, 0) is 37.6 Å². The lowest BCUT2D eigenvalue weighted by molar-refractivity contribution is 0.130. The third kappa shape index (κ3) is 3.25. The Labute approximate surface area is 178 Å². The highest BCUT2D eigenvalue weighted by atomic mass is 19.1. The van der Waals surface area contributed by atoms with Crippen molar-refractivity contribution < 1.29 is 9.50 Å². The van der Waals surface area contributed by atoms with Crippen molar-refractivity contribution in [2.75, 3.05) is 0 Å². The van der Waals surface area contributed by atoms with Crippen LogP contribution in [0.2, 0.25) is 0 Å². The lowest BCUT2D eigenvalue weighted by Crippen LogP contribution is -2.37. The van der Waals surface area contributed by atoms with Gasteiger partial charge in [0.2, 0.25) is 0 Å². The predicted octanol–water partition coefficient (Wildman–Crippen LogP) is 3.60. The Bertz CT molecular complexity index is 1360. The Balaban J connectivity index is 1.56. The van der Waals surface area contributed by atoms with Gasteiger partial charge in [-0.2, -0.15) is 5.10 Å². The molecule has 0 spiro atoms. The molecule has 0 amide bonds. The molecule has 31 heavy (non-hydrogen) atoms. The first-order chi connectivity index (χ1) is 14.8. The number of aromatic amines is 1. The summed E-state index contributed by atoms with van der Waals surface area (Å²) in [6.07, 6.45) is 7.33. The minimum Gasteiger partial charge on any atom is -0.379 e. The zero-order chi connectivity index (χ0) is 21.8. The molecule has 0 radical (unpaired) electrons. The van der Waals surface area contributed by atoms with E-state index in [1.807, 2.05) is 32.4 Å². The van der Waals surface area contributed by atoms with Gasteiger partial charge in [0.15, 0.2) is 5.84 Å². The van der Waals surface area contributed by atoms with Gasteiger partial charge < -0.3 is 10.1 Å². The van der Waals surface area contributed by atoms with Gasteiger partial charge in [-0.15, -0.1) is 0 Å². The van der Waals surface area contributed by atoms with E-state index in [2.05, 4.69) is 25.1 Å². The first-order valence-corrected chi connectivity index (χ1v) is 9.95. The second-order valence-electron chi connectivity index (χ2n) is 7.93. The van der Waals surface area contributed by atoms with Crippen LogP contribution in [0.3, 0.4) is 0 Å². The fourth-order valence-corrected chi connectivity index (χ4v) is 3.98. The third-order valence-electron chi connectivity index (χ3n) is 5.63. The van der Waals surface area contributed by atoms with E-state index in [0.717, 1.165) is 27.7 Å². The molecular weight excluding hydrogens is 395 g/mol. The van der Waals surface area contributed by atoms with Crippen LogP contribution in [0, 0.1) is 5.82 Å². The maximum Gasteiger partial charge on any atom is 0.157 e. The maximum atomic E-state index is 13.7. The molecular formula is C23H21FN6O. The summed E-state index contributed by atoms with van der Waals surface area (Å²) >= 11 is 0. The van der Waals surface area contributed by atoms with Crippen molar-refractivity contribution in [1.29, 1.82) is 0 Å². The number of nitrogens with one attached hydrogen (secondary N) is 1. The number of H-pyrrole nitrogens is 1. The minimum atomic E-state index is -1.45. The number of fused-ring (bicyclic) bond motifs is 1. The zero-order valence-corrected chi connectivity index (χ0v) is 17.3. The zero-order valence-electron chi connectivity index (χ0n) is 17.3. The number of nitrogens with zero attached hydrogens (tertiary/aromatic N) is 5. The van der Waals surface area contributed by atoms with Crippen LogP contribution in [-0.4, -0.2) is 42.4 Å². The van der Waals surface area contributed by atoms with Gasteiger partial charge in [0, 0.05) is 47.7 Å². The molecule has 1 aliphatic rings. The van der Waals surface area contributed by atoms with Gasteiger partial charge in [-0.3, -0.25) is 9.67 Å². The summed E-state index contributed by atoms with van der Waals surface area (Å²) in [5.74, 6) is 0.103. The van der Waals surface area contributed by atoms with Gasteiger partial charge in [0.25, 0.3) is 0 Å². The first kappa shape index (κ1) is 19.3. The van der Waals surface area contributed by atoms with E-state index in [1.54, 1.807) is 36.1 Å². The second kappa shape index (κ2) is 6.95. The second-order valence-corrected chi connectivity index (χ2v) is 7.93. The number of hydrogen-bond acceptors (Lipinski definition) is 5. The maximum absolute atomic E-state index is 13.7. The normalized spacial score (nSPS) is 18.2. The summed E-state index contributed by atoms with van der Waals surface area (Å²) in [5.41, 5.74) is 2.88. The van der Waals surface area contributed by atoms with E-state index in [4.69, 9.17) is 0 Å². The van der Waals surface area contributed by atoms with Crippen molar-refractivity contribution in [2.24, 2.45) is 17.0 Å². The van der Waals surface area contributed by atoms with Crippen molar-refractivity contribution in [3.8, 4) is 11.1 Å². The van der Waals surface area contributed by atoms with Crippen LogP contribution >= 0.6 is 0 Å². The van der Waals surface area contributed by atoms with E-state index in [0.29, 0.717) is 17.1 Å². The molecule has 0 bridgehead atoms. The monoisotopic (exact) mass is 416 g/mol. The molecule has 1 aliphatic heterocycles. The number of aryl methyl sites for hydroxylation is 1. The van der Waals surface area contributed by atoms with E-state index < -0.39 is 11.4 Å². The number of aliphatic hydroxyl groups is 1. The van der Waals surface area contributed by atoms with Crippen molar-refractivity contribution in [3.63, 3.8) is 0 Å². The molecule has 0 fully saturated rings. The number of rotatable bonds is 4. The Morgan fingerprint density at radius 2 is 2.03 bits per heavy atom. The number of aromatic nitrogens is 4. The smallest absolute Gasteiger partial charge is 0.157 e. The molecule has 0 saturated carbocycles. The molecule has 1 aromatic carbocycles. The molecule has 0 saturated heterocycles. The van der Waals surface area contributed by atoms with Crippen LogP contribution in [0.15, 0.2) is 65.1 Å².